The molecule has 1 N–H and O–H groups in total. The smallest absolute Gasteiger partial charge is 0.272 e. The number of benzene rings is 2. The minimum Gasteiger partial charge on any atom is -0.336 e. The van der Waals surface area contributed by atoms with Crippen molar-refractivity contribution in [3.63, 3.8) is 0 Å². The summed E-state index contributed by atoms with van der Waals surface area (Å²) in [5, 5.41) is 5.63. The van der Waals surface area contributed by atoms with Crippen LogP contribution in [0.4, 0.5) is 0 Å². The molecule has 0 aliphatic carbocycles. The molecule has 0 radical (unpaired) electrons. The van der Waals surface area contributed by atoms with E-state index in [4.69, 9.17) is 4.98 Å². The average molecular weight is 379 g/mol. The summed E-state index contributed by atoms with van der Waals surface area (Å²) in [5.41, 5.74) is 2.55. The van der Waals surface area contributed by atoms with Gasteiger partial charge < -0.3 is 14.8 Å². The second-order valence-electron chi connectivity index (χ2n) is 6.88. The van der Waals surface area contributed by atoms with Crippen LogP contribution in [0.15, 0.2) is 42.5 Å². The summed E-state index contributed by atoms with van der Waals surface area (Å²) >= 11 is 0. The zero-order valence-corrected chi connectivity index (χ0v) is 17.3. The largest absolute Gasteiger partial charge is 0.336 e. The molecule has 1 aromatic heterocycles. The maximum Gasteiger partial charge on any atom is 0.272 e. The van der Waals surface area contributed by atoms with E-state index < -0.39 is 0 Å². The summed E-state index contributed by atoms with van der Waals surface area (Å²) in [6, 6.07) is 14.6. The highest BCUT2D eigenvalue weighted by atomic mass is 16.2. The third-order valence-electron chi connectivity index (χ3n) is 5.17. The molecule has 0 saturated heterocycles. The molecule has 1 heterocycles. The van der Waals surface area contributed by atoms with Crippen molar-refractivity contribution >= 4 is 16.7 Å². The molecule has 0 atom stereocenters. The van der Waals surface area contributed by atoms with E-state index in [1.54, 1.807) is 0 Å². The lowest BCUT2D eigenvalue weighted by Gasteiger charge is -2.22. The Morgan fingerprint density at radius 1 is 1.11 bits per heavy atom. The van der Waals surface area contributed by atoms with Crippen LogP contribution in [-0.2, 0) is 6.54 Å². The van der Waals surface area contributed by atoms with Crippen molar-refractivity contribution in [3.8, 4) is 11.4 Å². The summed E-state index contributed by atoms with van der Waals surface area (Å²) in [6.07, 6.45) is 0. The molecule has 0 bridgehead atoms. The molecular formula is C23H30N4O. The zero-order valence-electron chi connectivity index (χ0n) is 17.3. The Hall–Kier alpha value is -2.66. The lowest BCUT2D eigenvalue weighted by atomic mass is 10.0. The second kappa shape index (κ2) is 9.02. The van der Waals surface area contributed by atoms with Gasteiger partial charge >= 0.3 is 0 Å². The number of nitrogens with one attached hydrogen (secondary N) is 1. The number of hydrogen-bond donors (Lipinski definition) is 1. The summed E-state index contributed by atoms with van der Waals surface area (Å²) in [4.78, 5) is 20.0. The molecule has 3 aromatic rings. The van der Waals surface area contributed by atoms with Crippen LogP contribution in [0.2, 0.25) is 0 Å². The van der Waals surface area contributed by atoms with Gasteiger partial charge in [0.15, 0.2) is 0 Å². The number of nitrogens with zero attached hydrogens (tertiary/aromatic N) is 3. The molecular weight excluding hydrogens is 348 g/mol. The number of imidazole rings is 1. The number of fused-ring (bicyclic) bond motifs is 1. The summed E-state index contributed by atoms with van der Waals surface area (Å²) < 4.78 is 2.06. The van der Waals surface area contributed by atoms with Crippen molar-refractivity contribution in [1.82, 2.24) is 19.8 Å². The molecule has 0 spiro atoms. The summed E-state index contributed by atoms with van der Waals surface area (Å²) in [7, 11) is 0. The predicted octanol–water partition coefficient (Wildman–Crippen LogP) is 4.10. The van der Waals surface area contributed by atoms with E-state index >= 15 is 0 Å². The van der Waals surface area contributed by atoms with Gasteiger partial charge in [-0.1, -0.05) is 49.4 Å². The number of aromatic nitrogens is 2. The molecule has 0 aliphatic heterocycles. The first-order valence-corrected chi connectivity index (χ1v) is 10.2. The normalized spacial score (nSPS) is 11.1. The highest BCUT2D eigenvalue weighted by molar-refractivity contribution is 5.98. The van der Waals surface area contributed by atoms with Gasteiger partial charge in [0.05, 0.1) is 5.69 Å². The van der Waals surface area contributed by atoms with Crippen molar-refractivity contribution in [2.75, 3.05) is 26.2 Å². The maximum atomic E-state index is 13.3. The standard InChI is InChI=1S/C23H30N4O/c1-5-24-15-16-26(6-2)23(28)21-17(4)25-22(27(21)7-3)20-14-10-12-18-11-8-9-13-19(18)20/h8-14,24H,5-7,15-16H2,1-4H3. The van der Waals surface area contributed by atoms with Crippen LogP contribution >= 0.6 is 0 Å². The van der Waals surface area contributed by atoms with Crippen LogP contribution in [-0.4, -0.2) is 46.5 Å². The third kappa shape index (κ3) is 3.80. The Morgan fingerprint density at radius 3 is 2.57 bits per heavy atom. The van der Waals surface area contributed by atoms with E-state index in [0.29, 0.717) is 25.3 Å². The van der Waals surface area contributed by atoms with Gasteiger partial charge in [-0.2, -0.15) is 0 Å². The average Bonchev–Trinajstić information content (AvgIpc) is 3.06. The van der Waals surface area contributed by atoms with E-state index in [-0.39, 0.29) is 5.91 Å². The Labute approximate surface area is 167 Å². The van der Waals surface area contributed by atoms with Crippen LogP contribution in [0, 0.1) is 6.92 Å². The fraction of sp³-hybridized carbons (Fsp3) is 0.391. The van der Waals surface area contributed by atoms with Crippen molar-refractivity contribution in [1.29, 1.82) is 0 Å². The molecule has 0 saturated carbocycles. The number of likely N-dealkylation sites (N-methyl/N-ethyl adjacent to an activating group) is 2. The predicted molar refractivity (Wildman–Crippen MR) is 116 cm³/mol. The molecule has 0 unspecified atom stereocenters. The van der Waals surface area contributed by atoms with Crippen molar-refractivity contribution in [2.45, 2.75) is 34.2 Å². The fourth-order valence-electron chi connectivity index (χ4n) is 3.72. The number of rotatable bonds is 8. The van der Waals surface area contributed by atoms with E-state index in [2.05, 4.69) is 54.1 Å². The number of aryl methyl sites for hydroxylation is 1. The van der Waals surface area contributed by atoms with Gasteiger partial charge in [-0.3, -0.25) is 4.79 Å². The quantitative estimate of drug-likeness (QED) is 0.600. The highest BCUT2D eigenvalue weighted by Crippen LogP contribution is 2.30. The molecule has 2 aromatic carbocycles. The van der Waals surface area contributed by atoms with Gasteiger partial charge in [0.1, 0.15) is 11.5 Å². The van der Waals surface area contributed by atoms with E-state index in [1.165, 1.54) is 5.39 Å². The Kier molecular flexibility index (Phi) is 6.47. The Bertz CT molecular complexity index is 955. The summed E-state index contributed by atoms with van der Waals surface area (Å²) in [6.45, 7) is 11.9. The lowest BCUT2D eigenvalue weighted by Crippen LogP contribution is -2.38. The number of amides is 1. The molecule has 1 amide bonds. The Balaban J connectivity index is 2.06. The summed E-state index contributed by atoms with van der Waals surface area (Å²) in [5.74, 6) is 0.918. The van der Waals surface area contributed by atoms with Gasteiger partial charge in [-0.15, -0.1) is 0 Å². The van der Waals surface area contributed by atoms with Crippen LogP contribution in [0.3, 0.4) is 0 Å². The van der Waals surface area contributed by atoms with Crippen molar-refractivity contribution in [3.05, 3.63) is 53.9 Å². The number of carbonyl (C=O) groups excluding carboxylic acids is 1. The van der Waals surface area contributed by atoms with Crippen molar-refractivity contribution in [2.24, 2.45) is 0 Å². The first-order chi connectivity index (χ1) is 13.6. The van der Waals surface area contributed by atoms with Gasteiger partial charge in [0.2, 0.25) is 0 Å². The first kappa shape index (κ1) is 20.1. The van der Waals surface area contributed by atoms with Gasteiger partial charge in [0, 0.05) is 31.7 Å². The number of carbonyl (C=O) groups is 1. The molecule has 0 fully saturated rings. The van der Waals surface area contributed by atoms with E-state index in [0.717, 1.165) is 35.6 Å². The SMILES string of the molecule is CCNCCN(CC)C(=O)c1c(C)nc(-c2cccc3ccccc23)n1CC. The lowest BCUT2D eigenvalue weighted by molar-refractivity contribution is 0.0754. The first-order valence-electron chi connectivity index (χ1n) is 10.2. The van der Waals surface area contributed by atoms with E-state index in [9.17, 15) is 4.79 Å². The van der Waals surface area contributed by atoms with Gasteiger partial charge in [-0.25, -0.2) is 4.98 Å². The highest BCUT2D eigenvalue weighted by Gasteiger charge is 2.24. The molecule has 3 rings (SSSR count). The molecule has 28 heavy (non-hydrogen) atoms. The van der Waals surface area contributed by atoms with Crippen LogP contribution in [0.25, 0.3) is 22.2 Å². The van der Waals surface area contributed by atoms with Crippen molar-refractivity contribution < 1.29 is 4.79 Å². The van der Waals surface area contributed by atoms with Gasteiger partial charge in [-0.05, 0) is 38.1 Å². The van der Waals surface area contributed by atoms with Crippen LogP contribution in [0.1, 0.15) is 37.0 Å². The van der Waals surface area contributed by atoms with Crippen LogP contribution < -0.4 is 5.32 Å². The minimum absolute atomic E-state index is 0.0544. The minimum atomic E-state index is 0.0544. The second-order valence-corrected chi connectivity index (χ2v) is 6.88. The zero-order chi connectivity index (χ0) is 20.1. The molecule has 0 aliphatic rings. The van der Waals surface area contributed by atoms with E-state index in [1.807, 2.05) is 30.9 Å². The molecule has 5 nitrogen and oxygen atoms in total. The molecule has 5 heteroatoms. The maximum absolute atomic E-state index is 13.3. The Morgan fingerprint density at radius 2 is 1.86 bits per heavy atom. The van der Waals surface area contributed by atoms with Crippen LogP contribution in [0.5, 0.6) is 0 Å². The topological polar surface area (TPSA) is 50.2 Å². The molecule has 148 valence electrons. The van der Waals surface area contributed by atoms with Gasteiger partial charge in [0.25, 0.3) is 5.91 Å². The third-order valence-corrected chi connectivity index (χ3v) is 5.17. The number of hydrogen-bond acceptors (Lipinski definition) is 3. The monoisotopic (exact) mass is 378 g/mol. The fourth-order valence-corrected chi connectivity index (χ4v) is 3.72.